The Morgan fingerprint density at radius 2 is 1.88 bits per heavy atom. The van der Waals surface area contributed by atoms with Gasteiger partial charge in [-0.3, -0.25) is 14.6 Å². The summed E-state index contributed by atoms with van der Waals surface area (Å²) in [5.41, 5.74) is 4.99. The monoisotopic (exact) mass is 460 g/mol. The van der Waals surface area contributed by atoms with Crippen molar-refractivity contribution in [3.8, 4) is 0 Å². The average molecular weight is 461 g/mol. The van der Waals surface area contributed by atoms with Crippen molar-refractivity contribution < 1.29 is 18.0 Å². The minimum atomic E-state index is -4.63. The smallest absolute Gasteiger partial charge is 0.387 e. The topological polar surface area (TPSA) is 89.8 Å². The van der Waals surface area contributed by atoms with Gasteiger partial charge in [-0.05, 0) is 24.0 Å². The first-order chi connectivity index (χ1) is 15.7. The zero-order valence-electron chi connectivity index (χ0n) is 18.2. The summed E-state index contributed by atoms with van der Waals surface area (Å²) in [4.78, 5) is 33.6. The van der Waals surface area contributed by atoms with E-state index >= 15 is 0 Å². The van der Waals surface area contributed by atoms with E-state index in [4.69, 9.17) is 5.73 Å². The van der Waals surface area contributed by atoms with Gasteiger partial charge >= 0.3 is 6.18 Å². The average Bonchev–Trinajstić information content (AvgIpc) is 3.29. The summed E-state index contributed by atoms with van der Waals surface area (Å²) in [5.74, 6) is -0.400. The zero-order valence-corrected chi connectivity index (χ0v) is 18.2. The van der Waals surface area contributed by atoms with Gasteiger partial charge in [0.1, 0.15) is 11.9 Å². The number of carbonyl (C=O) groups is 1. The van der Waals surface area contributed by atoms with Crippen LogP contribution in [0.25, 0.3) is 0 Å². The third-order valence-electron chi connectivity index (χ3n) is 5.73. The summed E-state index contributed by atoms with van der Waals surface area (Å²) in [6, 6.07) is 9.93. The number of pyridine rings is 1. The molecule has 0 spiro atoms. The van der Waals surface area contributed by atoms with Crippen LogP contribution in [0.4, 0.5) is 13.2 Å². The number of amides is 1. The molecule has 1 amide bonds. The molecule has 9 heteroatoms. The first-order valence-electron chi connectivity index (χ1n) is 10.9. The van der Waals surface area contributed by atoms with E-state index in [1.807, 2.05) is 30.3 Å². The maximum Gasteiger partial charge on any atom is 0.416 e. The van der Waals surface area contributed by atoms with Crippen molar-refractivity contribution in [3.05, 3.63) is 70.1 Å². The van der Waals surface area contributed by atoms with Crippen LogP contribution in [-0.4, -0.2) is 22.5 Å². The summed E-state index contributed by atoms with van der Waals surface area (Å²) in [5, 5.41) is 0. The van der Waals surface area contributed by atoms with Crippen molar-refractivity contribution in [3.63, 3.8) is 0 Å². The summed E-state index contributed by atoms with van der Waals surface area (Å²) in [6.07, 6.45) is 2.30. The number of amidine groups is 1. The van der Waals surface area contributed by atoms with Crippen LogP contribution in [0, 0.1) is 5.92 Å². The molecule has 0 bridgehead atoms. The van der Waals surface area contributed by atoms with Gasteiger partial charge in [0.25, 0.3) is 11.5 Å². The van der Waals surface area contributed by atoms with Gasteiger partial charge in [0.2, 0.25) is 0 Å². The molecule has 0 aliphatic heterocycles. The summed E-state index contributed by atoms with van der Waals surface area (Å²) < 4.78 is 39.9. The maximum absolute atomic E-state index is 12.9. The molecule has 3 rings (SSSR count). The SMILES string of the molecule is NC(CC=NCc1ccccc1)=NC(=O)C(CC1CCCC1)n1ccc(C(F)(F)F)cc1=O. The van der Waals surface area contributed by atoms with Crippen molar-refractivity contribution in [2.45, 2.75) is 57.3 Å². The quantitative estimate of drug-likeness (QED) is 0.464. The fourth-order valence-corrected chi connectivity index (χ4v) is 3.99. The number of hydrogen-bond donors (Lipinski definition) is 1. The molecule has 1 atom stereocenters. The Balaban J connectivity index is 1.74. The number of aliphatic imine (C=N–C) groups is 2. The van der Waals surface area contributed by atoms with Crippen molar-refractivity contribution >= 4 is 18.0 Å². The Kier molecular flexibility index (Phi) is 8.19. The Bertz CT molecular complexity index is 1060. The molecule has 1 aromatic heterocycles. The van der Waals surface area contributed by atoms with Crippen LogP contribution in [0.2, 0.25) is 0 Å². The molecule has 2 aromatic rings. The third kappa shape index (κ3) is 7.13. The van der Waals surface area contributed by atoms with E-state index in [2.05, 4.69) is 9.98 Å². The van der Waals surface area contributed by atoms with Crippen molar-refractivity contribution in [1.29, 1.82) is 0 Å². The van der Waals surface area contributed by atoms with E-state index in [-0.39, 0.29) is 18.2 Å². The molecule has 1 unspecified atom stereocenters. The van der Waals surface area contributed by atoms with Gasteiger partial charge in [0.15, 0.2) is 0 Å². The molecule has 2 N–H and O–H groups in total. The second kappa shape index (κ2) is 11.1. The van der Waals surface area contributed by atoms with Gasteiger partial charge < -0.3 is 10.3 Å². The lowest BCUT2D eigenvalue weighted by Crippen LogP contribution is -2.32. The van der Waals surface area contributed by atoms with Crippen molar-refractivity contribution in [2.75, 3.05) is 0 Å². The van der Waals surface area contributed by atoms with E-state index in [1.165, 1.54) is 0 Å². The highest BCUT2D eigenvalue weighted by Gasteiger charge is 2.33. The van der Waals surface area contributed by atoms with Gasteiger partial charge in [-0.1, -0.05) is 56.0 Å². The second-order valence-electron chi connectivity index (χ2n) is 8.22. The molecule has 6 nitrogen and oxygen atoms in total. The highest BCUT2D eigenvalue weighted by Crippen LogP contribution is 2.33. The maximum atomic E-state index is 12.9. The number of halogens is 3. The molecule has 0 saturated heterocycles. The zero-order chi connectivity index (χ0) is 23.8. The van der Waals surface area contributed by atoms with Crippen LogP contribution in [0.5, 0.6) is 0 Å². The van der Waals surface area contributed by atoms with Gasteiger partial charge in [-0.2, -0.15) is 18.2 Å². The number of nitrogens with two attached hydrogens (primary N) is 1. The Hall–Kier alpha value is -3.23. The normalized spacial score (nSPS) is 16.4. The van der Waals surface area contributed by atoms with E-state index in [1.54, 1.807) is 6.21 Å². The summed E-state index contributed by atoms with van der Waals surface area (Å²) >= 11 is 0. The lowest BCUT2D eigenvalue weighted by molar-refractivity contribution is -0.137. The number of rotatable bonds is 8. The lowest BCUT2D eigenvalue weighted by Gasteiger charge is -2.21. The van der Waals surface area contributed by atoms with Crippen LogP contribution in [0.1, 0.15) is 55.7 Å². The fourth-order valence-electron chi connectivity index (χ4n) is 3.99. The predicted octanol–water partition coefficient (Wildman–Crippen LogP) is 4.53. The van der Waals surface area contributed by atoms with E-state index < -0.39 is 29.2 Å². The van der Waals surface area contributed by atoms with Crippen molar-refractivity contribution in [2.24, 2.45) is 21.6 Å². The number of alkyl halides is 3. The number of aromatic nitrogens is 1. The minimum Gasteiger partial charge on any atom is -0.387 e. The van der Waals surface area contributed by atoms with Crippen LogP contribution in [-0.2, 0) is 17.5 Å². The Labute approximate surface area is 190 Å². The van der Waals surface area contributed by atoms with Crippen molar-refractivity contribution in [1.82, 2.24) is 4.57 Å². The van der Waals surface area contributed by atoms with Gasteiger partial charge in [-0.15, -0.1) is 0 Å². The molecule has 1 saturated carbocycles. The predicted molar refractivity (Wildman–Crippen MR) is 121 cm³/mol. The number of benzene rings is 1. The minimum absolute atomic E-state index is 0.0354. The molecule has 33 heavy (non-hydrogen) atoms. The van der Waals surface area contributed by atoms with Crippen LogP contribution in [0.3, 0.4) is 0 Å². The molecule has 1 aliphatic rings. The second-order valence-corrected chi connectivity index (χ2v) is 8.22. The van der Waals surface area contributed by atoms with Gasteiger partial charge in [0.05, 0.1) is 12.1 Å². The number of carbonyl (C=O) groups excluding carboxylic acids is 1. The molecule has 176 valence electrons. The van der Waals surface area contributed by atoms with Crippen LogP contribution in [0.15, 0.2) is 63.4 Å². The molecule has 1 fully saturated rings. The fraction of sp³-hybridized carbons (Fsp3) is 0.417. The first kappa shape index (κ1) is 24.4. The molecular formula is C24H27F3N4O2. The number of hydrogen-bond acceptors (Lipinski definition) is 3. The standard InChI is InChI=1S/C24H27F3N4O2/c25-24(26,27)19-11-13-31(22(32)15-19)20(14-17-6-4-5-7-17)23(33)30-21(28)10-12-29-16-18-8-2-1-3-9-18/h1-3,8-9,11-13,15,17,20H,4-7,10,14,16H2,(H2,28,30,33). The summed E-state index contributed by atoms with van der Waals surface area (Å²) in [7, 11) is 0. The molecule has 1 aliphatic carbocycles. The highest BCUT2D eigenvalue weighted by atomic mass is 19.4. The highest BCUT2D eigenvalue weighted by molar-refractivity contribution is 6.00. The Morgan fingerprint density at radius 1 is 1.18 bits per heavy atom. The third-order valence-corrected chi connectivity index (χ3v) is 5.73. The largest absolute Gasteiger partial charge is 0.416 e. The molecule has 1 heterocycles. The van der Waals surface area contributed by atoms with E-state index in [0.29, 0.717) is 19.0 Å². The molecule has 1 aromatic carbocycles. The van der Waals surface area contributed by atoms with Gasteiger partial charge in [0, 0.05) is 24.9 Å². The number of nitrogens with zero attached hydrogens (tertiary/aromatic N) is 3. The summed E-state index contributed by atoms with van der Waals surface area (Å²) in [6.45, 7) is 0.466. The van der Waals surface area contributed by atoms with E-state index in [0.717, 1.165) is 48.1 Å². The first-order valence-corrected chi connectivity index (χ1v) is 10.9. The van der Waals surface area contributed by atoms with Crippen LogP contribution < -0.4 is 11.3 Å². The van der Waals surface area contributed by atoms with Crippen LogP contribution >= 0.6 is 0 Å². The molecule has 0 radical (unpaired) electrons. The van der Waals surface area contributed by atoms with E-state index in [9.17, 15) is 22.8 Å². The molecular weight excluding hydrogens is 433 g/mol. The lowest BCUT2D eigenvalue weighted by atomic mass is 9.97. The Morgan fingerprint density at radius 3 is 2.52 bits per heavy atom. The van der Waals surface area contributed by atoms with Gasteiger partial charge in [-0.25, -0.2) is 0 Å².